The summed E-state index contributed by atoms with van der Waals surface area (Å²) in [6, 6.07) is 3.83. The van der Waals surface area contributed by atoms with Gasteiger partial charge in [0.25, 0.3) is 5.69 Å². The van der Waals surface area contributed by atoms with Crippen molar-refractivity contribution in [2.24, 2.45) is 5.73 Å². The molecular formula is C13H15N3O5. The highest BCUT2D eigenvalue weighted by Crippen LogP contribution is 2.39. The number of carbonyl (C=O) groups is 2. The predicted molar refractivity (Wildman–Crippen MR) is 74.2 cm³/mol. The number of nitrogens with zero attached hydrogens (tertiary/aromatic N) is 2. The van der Waals surface area contributed by atoms with Gasteiger partial charge >= 0.3 is 5.97 Å². The van der Waals surface area contributed by atoms with Crippen molar-refractivity contribution in [3.05, 3.63) is 33.9 Å². The minimum absolute atomic E-state index is 0.0154. The molecule has 1 saturated heterocycles. The van der Waals surface area contributed by atoms with Crippen LogP contribution in [0.25, 0.3) is 0 Å². The second-order valence-electron chi connectivity index (χ2n) is 5.16. The van der Waals surface area contributed by atoms with Gasteiger partial charge in [0.05, 0.1) is 4.92 Å². The number of nitro benzene ring substituents is 1. The van der Waals surface area contributed by atoms with Crippen LogP contribution in [0, 0.1) is 10.1 Å². The zero-order valence-corrected chi connectivity index (χ0v) is 11.4. The van der Waals surface area contributed by atoms with Crippen LogP contribution >= 0.6 is 0 Å². The van der Waals surface area contributed by atoms with Crippen molar-refractivity contribution in [3.8, 4) is 0 Å². The number of benzene rings is 1. The van der Waals surface area contributed by atoms with E-state index >= 15 is 0 Å². The van der Waals surface area contributed by atoms with E-state index in [9.17, 15) is 24.8 Å². The van der Waals surface area contributed by atoms with Crippen molar-refractivity contribution in [2.45, 2.75) is 25.3 Å². The summed E-state index contributed by atoms with van der Waals surface area (Å²) >= 11 is 0. The number of nitro groups is 1. The second-order valence-corrected chi connectivity index (χ2v) is 5.16. The smallest absolute Gasteiger partial charge is 0.329 e. The SMILES string of the molecule is CC1(C(=O)O)CCCN1c1ccc(C(N)=O)cc1[N+](=O)[O-]. The molecule has 8 heteroatoms. The molecule has 8 nitrogen and oxygen atoms in total. The van der Waals surface area contributed by atoms with Crippen LogP contribution in [0.1, 0.15) is 30.1 Å². The summed E-state index contributed by atoms with van der Waals surface area (Å²) in [6.45, 7) is 1.94. The van der Waals surface area contributed by atoms with Crippen molar-refractivity contribution in [2.75, 3.05) is 11.4 Å². The fourth-order valence-electron chi connectivity index (χ4n) is 2.62. The second kappa shape index (κ2) is 5.04. The maximum atomic E-state index is 11.5. The maximum absolute atomic E-state index is 11.5. The molecule has 1 aliphatic rings. The van der Waals surface area contributed by atoms with E-state index in [0.29, 0.717) is 19.4 Å². The van der Waals surface area contributed by atoms with E-state index in [4.69, 9.17) is 5.73 Å². The minimum atomic E-state index is -1.20. The molecule has 21 heavy (non-hydrogen) atoms. The van der Waals surface area contributed by atoms with E-state index < -0.39 is 22.3 Å². The third-order valence-electron chi connectivity index (χ3n) is 3.85. The number of hydrogen-bond donors (Lipinski definition) is 2. The average molecular weight is 293 g/mol. The quantitative estimate of drug-likeness (QED) is 0.633. The number of primary amides is 1. The van der Waals surface area contributed by atoms with E-state index in [2.05, 4.69) is 0 Å². The van der Waals surface area contributed by atoms with Crippen LogP contribution in [0.3, 0.4) is 0 Å². The number of aliphatic carboxylic acids is 1. The molecule has 1 unspecified atom stereocenters. The van der Waals surface area contributed by atoms with Gasteiger partial charge in [-0.1, -0.05) is 0 Å². The number of amides is 1. The zero-order valence-electron chi connectivity index (χ0n) is 11.4. The minimum Gasteiger partial charge on any atom is -0.480 e. The fraction of sp³-hybridized carbons (Fsp3) is 0.385. The molecule has 0 saturated carbocycles. The lowest BCUT2D eigenvalue weighted by atomic mass is 9.98. The summed E-state index contributed by atoms with van der Waals surface area (Å²) in [5, 5.41) is 20.6. The summed E-state index contributed by atoms with van der Waals surface area (Å²) < 4.78 is 0. The Bertz CT molecular complexity index is 630. The van der Waals surface area contributed by atoms with Crippen molar-refractivity contribution < 1.29 is 19.6 Å². The summed E-state index contributed by atoms with van der Waals surface area (Å²) in [7, 11) is 0. The van der Waals surface area contributed by atoms with Gasteiger partial charge in [0.1, 0.15) is 11.2 Å². The van der Waals surface area contributed by atoms with Gasteiger partial charge in [0.15, 0.2) is 0 Å². The number of hydrogen-bond acceptors (Lipinski definition) is 5. The van der Waals surface area contributed by atoms with Crippen molar-refractivity contribution in [1.29, 1.82) is 0 Å². The first-order chi connectivity index (χ1) is 9.77. The normalized spacial score (nSPS) is 21.3. The first-order valence-corrected chi connectivity index (χ1v) is 6.36. The summed E-state index contributed by atoms with van der Waals surface area (Å²) in [4.78, 5) is 34.7. The van der Waals surface area contributed by atoms with Crippen LogP contribution in [-0.4, -0.2) is 34.0 Å². The Labute approximate surface area is 120 Å². The number of nitrogens with two attached hydrogens (primary N) is 1. The van der Waals surface area contributed by atoms with E-state index in [-0.39, 0.29) is 16.9 Å². The molecule has 0 aromatic heterocycles. The molecule has 1 aliphatic heterocycles. The van der Waals surface area contributed by atoms with Gasteiger partial charge < -0.3 is 15.7 Å². The van der Waals surface area contributed by atoms with Crippen molar-refractivity contribution in [1.82, 2.24) is 0 Å². The van der Waals surface area contributed by atoms with E-state index in [1.54, 1.807) is 0 Å². The molecule has 112 valence electrons. The third kappa shape index (κ3) is 2.39. The highest BCUT2D eigenvalue weighted by molar-refractivity contribution is 5.95. The molecule has 1 atom stereocenters. The van der Waals surface area contributed by atoms with Crippen LogP contribution in [0.4, 0.5) is 11.4 Å². The lowest BCUT2D eigenvalue weighted by Gasteiger charge is -2.32. The highest BCUT2D eigenvalue weighted by Gasteiger charge is 2.45. The molecule has 1 aromatic rings. The van der Waals surface area contributed by atoms with Crippen LogP contribution in [-0.2, 0) is 4.79 Å². The Morgan fingerprint density at radius 1 is 1.48 bits per heavy atom. The monoisotopic (exact) mass is 293 g/mol. The maximum Gasteiger partial charge on any atom is 0.329 e. The Morgan fingerprint density at radius 3 is 2.67 bits per heavy atom. The predicted octanol–water partition coefficient (Wildman–Crippen LogP) is 1.14. The van der Waals surface area contributed by atoms with Crippen molar-refractivity contribution in [3.63, 3.8) is 0 Å². The summed E-state index contributed by atoms with van der Waals surface area (Å²) in [5.41, 5.74) is 3.81. The molecule has 0 spiro atoms. The van der Waals surface area contributed by atoms with E-state index in [1.165, 1.54) is 24.0 Å². The van der Waals surface area contributed by atoms with Gasteiger partial charge in [0.2, 0.25) is 5.91 Å². The van der Waals surface area contributed by atoms with Crippen molar-refractivity contribution >= 4 is 23.3 Å². The van der Waals surface area contributed by atoms with Crippen LogP contribution < -0.4 is 10.6 Å². The molecule has 0 bridgehead atoms. The Kier molecular flexibility index (Phi) is 3.54. The first kappa shape index (κ1) is 14.8. The van der Waals surface area contributed by atoms with Gasteiger partial charge in [-0.05, 0) is 31.9 Å². The number of carbonyl (C=O) groups excluding carboxylic acids is 1. The number of anilines is 1. The Morgan fingerprint density at radius 2 is 2.14 bits per heavy atom. The van der Waals surface area contributed by atoms with E-state index in [0.717, 1.165) is 6.07 Å². The Hall–Kier alpha value is -2.64. The summed E-state index contributed by atoms with van der Waals surface area (Å²) in [5.74, 6) is -1.81. The number of carboxylic acids is 1. The van der Waals surface area contributed by atoms with Gasteiger partial charge in [-0.25, -0.2) is 4.79 Å². The molecule has 1 aromatic carbocycles. The van der Waals surface area contributed by atoms with E-state index in [1.807, 2.05) is 0 Å². The van der Waals surface area contributed by atoms with Crippen LogP contribution in [0.5, 0.6) is 0 Å². The van der Waals surface area contributed by atoms with Gasteiger partial charge in [0, 0.05) is 18.2 Å². The van der Waals surface area contributed by atoms with Gasteiger partial charge in [-0.15, -0.1) is 0 Å². The van der Waals surface area contributed by atoms with Gasteiger partial charge in [-0.2, -0.15) is 0 Å². The molecule has 1 fully saturated rings. The molecular weight excluding hydrogens is 278 g/mol. The topological polar surface area (TPSA) is 127 Å². The number of rotatable bonds is 4. The van der Waals surface area contributed by atoms with Crippen LogP contribution in [0.15, 0.2) is 18.2 Å². The molecule has 2 rings (SSSR count). The first-order valence-electron chi connectivity index (χ1n) is 6.36. The van der Waals surface area contributed by atoms with Crippen LogP contribution in [0.2, 0.25) is 0 Å². The zero-order chi connectivity index (χ0) is 15.8. The largest absolute Gasteiger partial charge is 0.480 e. The average Bonchev–Trinajstić information content (AvgIpc) is 2.81. The standard InChI is InChI=1S/C13H15N3O5/c1-13(12(18)19)5-2-6-15(13)9-4-3-8(11(14)17)7-10(9)16(20)21/h3-4,7H,2,5-6H2,1H3,(H2,14,17)(H,18,19). The highest BCUT2D eigenvalue weighted by atomic mass is 16.6. The number of carboxylic acid groups (broad SMARTS) is 1. The molecule has 1 heterocycles. The lowest BCUT2D eigenvalue weighted by Crippen LogP contribution is -2.48. The summed E-state index contributed by atoms with van der Waals surface area (Å²) in [6.07, 6.45) is 1.02. The molecule has 0 aliphatic carbocycles. The third-order valence-corrected chi connectivity index (χ3v) is 3.85. The van der Waals surface area contributed by atoms with Gasteiger partial charge in [-0.3, -0.25) is 14.9 Å². The molecule has 0 radical (unpaired) electrons. The lowest BCUT2D eigenvalue weighted by molar-refractivity contribution is -0.384. The molecule has 1 amide bonds. The fourth-order valence-corrected chi connectivity index (χ4v) is 2.62. The Balaban J connectivity index is 2.56. The molecule has 3 N–H and O–H groups in total.